The van der Waals surface area contributed by atoms with Crippen LogP contribution in [0.4, 0.5) is 0 Å². The number of nitrogens with one attached hydrogen (secondary N) is 1. The molecule has 1 aliphatic rings. The van der Waals surface area contributed by atoms with E-state index in [-0.39, 0.29) is 18.3 Å². The molecule has 3 N–H and O–H groups in total. The highest BCUT2D eigenvalue weighted by molar-refractivity contribution is 7.98. The number of halogens is 1. The molecule has 0 radical (unpaired) electrons. The molecule has 86 valence electrons. The van der Waals surface area contributed by atoms with Gasteiger partial charge in [0.1, 0.15) is 0 Å². The molecule has 0 saturated heterocycles. The molecule has 16 heavy (non-hydrogen) atoms. The number of rotatable bonds is 2. The molecule has 1 aromatic rings. The fraction of sp³-hybridized carbons (Fsp3) is 0.200. The lowest BCUT2D eigenvalue weighted by Crippen LogP contribution is -3.00. The van der Waals surface area contributed by atoms with Crippen LogP contribution in [-0.2, 0) is 4.79 Å². The summed E-state index contributed by atoms with van der Waals surface area (Å²) in [6.07, 6.45) is 2.04. The smallest absolute Gasteiger partial charge is 0.295 e. The summed E-state index contributed by atoms with van der Waals surface area (Å²) in [6.45, 7) is 0.406. The molecular formula is C10H12ClN3OS. The first-order chi connectivity index (χ1) is 7.29. The lowest BCUT2D eigenvalue weighted by Gasteiger charge is -2.09. The summed E-state index contributed by atoms with van der Waals surface area (Å²) < 4.78 is 0. The molecule has 0 spiro atoms. The number of amides is 1. The second-order valence-corrected chi connectivity index (χ2v) is 4.05. The van der Waals surface area contributed by atoms with Crippen LogP contribution in [0.25, 0.3) is 0 Å². The maximum absolute atomic E-state index is 10.9. The van der Waals surface area contributed by atoms with Crippen LogP contribution in [-0.4, -0.2) is 24.5 Å². The number of benzene rings is 1. The van der Waals surface area contributed by atoms with E-state index in [0.29, 0.717) is 6.54 Å². The first kappa shape index (κ1) is 13.0. The van der Waals surface area contributed by atoms with Crippen molar-refractivity contribution in [3.8, 4) is 0 Å². The molecule has 2 rings (SSSR count). The Bertz CT molecular complexity index is 405. The average molecular weight is 258 g/mol. The summed E-state index contributed by atoms with van der Waals surface area (Å²) >= 11 is 1.70. The van der Waals surface area contributed by atoms with E-state index in [1.54, 1.807) is 11.8 Å². The van der Waals surface area contributed by atoms with Gasteiger partial charge in [0.25, 0.3) is 5.91 Å². The summed E-state index contributed by atoms with van der Waals surface area (Å²) in [5.41, 5.74) is 3.51. The van der Waals surface area contributed by atoms with Gasteiger partial charge in [0, 0.05) is 4.90 Å². The fourth-order valence-electron chi connectivity index (χ4n) is 1.35. The molecule has 0 unspecified atom stereocenters. The van der Waals surface area contributed by atoms with Crippen LogP contribution in [0.5, 0.6) is 0 Å². The molecule has 1 aromatic carbocycles. The number of carbonyl (C=O) groups excluding carboxylic acids is 1. The molecule has 0 fully saturated rings. The highest BCUT2D eigenvalue weighted by Crippen LogP contribution is 2.14. The highest BCUT2D eigenvalue weighted by atomic mass is 35.5. The van der Waals surface area contributed by atoms with Gasteiger partial charge in [-0.25, -0.2) is 5.43 Å². The van der Waals surface area contributed by atoms with Crippen LogP contribution in [0.3, 0.4) is 0 Å². The second kappa shape index (κ2) is 5.89. The molecule has 0 aliphatic carbocycles. The number of amidine groups is 1. The SMILES string of the molecule is CSc1ccc(C2=NNC(=O)C[NH2+]2)cc1.[Cl-]. The van der Waals surface area contributed by atoms with Crippen molar-refractivity contribution >= 4 is 23.5 Å². The van der Waals surface area contributed by atoms with E-state index in [1.807, 2.05) is 35.8 Å². The van der Waals surface area contributed by atoms with Gasteiger partial charge in [0.15, 0.2) is 6.54 Å². The zero-order valence-electron chi connectivity index (χ0n) is 8.74. The van der Waals surface area contributed by atoms with Crippen LogP contribution >= 0.6 is 11.8 Å². The van der Waals surface area contributed by atoms with E-state index in [4.69, 9.17) is 0 Å². The molecule has 0 atom stereocenters. The van der Waals surface area contributed by atoms with Gasteiger partial charge in [-0.2, -0.15) is 0 Å². The van der Waals surface area contributed by atoms with Gasteiger partial charge >= 0.3 is 0 Å². The zero-order valence-corrected chi connectivity index (χ0v) is 10.3. The van der Waals surface area contributed by atoms with Crippen LogP contribution in [0, 0.1) is 0 Å². The summed E-state index contributed by atoms with van der Waals surface area (Å²) in [5, 5.41) is 5.83. The largest absolute Gasteiger partial charge is 1.00 e. The summed E-state index contributed by atoms with van der Waals surface area (Å²) in [7, 11) is 0. The van der Waals surface area contributed by atoms with E-state index in [0.717, 1.165) is 11.4 Å². The lowest BCUT2D eigenvalue weighted by molar-refractivity contribution is -0.529. The molecule has 0 aromatic heterocycles. The third kappa shape index (κ3) is 2.98. The summed E-state index contributed by atoms with van der Waals surface area (Å²) in [5.74, 6) is 0.779. The van der Waals surface area contributed by atoms with Gasteiger partial charge in [-0.3, -0.25) is 10.1 Å². The quantitative estimate of drug-likeness (QED) is 0.548. The average Bonchev–Trinajstić information content (AvgIpc) is 2.30. The Labute approximate surface area is 104 Å². The first-order valence-corrected chi connectivity index (χ1v) is 5.86. The highest BCUT2D eigenvalue weighted by Gasteiger charge is 2.16. The van der Waals surface area contributed by atoms with E-state index >= 15 is 0 Å². The first-order valence-electron chi connectivity index (χ1n) is 4.64. The van der Waals surface area contributed by atoms with E-state index < -0.39 is 0 Å². The van der Waals surface area contributed by atoms with Gasteiger partial charge in [-0.1, -0.05) is 0 Å². The Kier molecular flexibility index (Phi) is 4.79. The van der Waals surface area contributed by atoms with Crippen molar-refractivity contribution in [3.05, 3.63) is 29.8 Å². The Balaban J connectivity index is 0.00000128. The van der Waals surface area contributed by atoms with Crippen LogP contribution in [0.2, 0.25) is 0 Å². The molecule has 1 amide bonds. The topological polar surface area (TPSA) is 58.1 Å². The van der Waals surface area contributed by atoms with Crippen molar-refractivity contribution in [3.63, 3.8) is 0 Å². The van der Waals surface area contributed by atoms with Gasteiger partial charge in [-0.15, -0.1) is 16.9 Å². The minimum absolute atomic E-state index is 0. The van der Waals surface area contributed by atoms with E-state index in [2.05, 4.69) is 10.5 Å². The fourth-order valence-corrected chi connectivity index (χ4v) is 1.76. The molecule has 0 bridgehead atoms. The van der Waals surface area contributed by atoms with Crippen molar-refractivity contribution < 1.29 is 22.5 Å². The number of quaternary nitrogens is 1. The normalized spacial score (nSPS) is 14.8. The van der Waals surface area contributed by atoms with Gasteiger partial charge in [-0.05, 0) is 30.5 Å². The second-order valence-electron chi connectivity index (χ2n) is 3.17. The number of thioether (sulfide) groups is 1. The van der Waals surface area contributed by atoms with Crippen LogP contribution < -0.4 is 23.1 Å². The Hall–Kier alpha value is -1.04. The predicted octanol–water partition coefficient (Wildman–Crippen LogP) is -3.23. The van der Waals surface area contributed by atoms with Crippen molar-refractivity contribution in [2.24, 2.45) is 5.10 Å². The van der Waals surface area contributed by atoms with Crippen LogP contribution in [0.1, 0.15) is 5.56 Å². The number of nitrogens with zero attached hydrogens (tertiary/aromatic N) is 1. The Morgan fingerprint density at radius 3 is 2.56 bits per heavy atom. The Morgan fingerprint density at radius 1 is 1.38 bits per heavy atom. The molecular weight excluding hydrogens is 246 g/mol. The number of hydrazone groups is 1. The Morgan fingerprint density at radius 2 is 2.06 bits per heavy atom. The molecule has 1 aliphatic heterocycles. The third-order valence-corrected chi connectivity index (χ3v) is 2.91. The van der Waals surface area contributed by atoms with E-state index in [9.17, 15) is 4.79 Å². The number of nitrogens with two attached hydrogens (primary N) is 1. The zero-order chi connectivity index (χ0) is 10.7. The van der Waals surface area contributed by atoms with Gasteiger partial charge in [0.05, 0.1) is 5.56 Å². The molecule has 1 heterocycles. The third-order valence-electron chi connectivity index (χ3n) is 2.17. The number of hydrogen-bond donors (Lipinski definition) is 2. The summed E-state index contributed by atoms with van der Waals surface area (Å²) in [6, 6.07) is 8.12. The van der Waals surface area contributed by atoms with Gasteiger partial charge in [0.2, 0.25) is 5.84 Å². The minimum atomic E-state index is -0.0560. The minimum Gasteiger partial charge on any atom is -1.00 e. The van der Waals surface area contributed by atoms with Gasteiger partial charge < -0.3 is 12.4 Å². The maximum atomic E-state index is 10.9. The summed E-state index contributed by atoms with van der Waals surface area (Å²) in [4.78, 5) is 12.1. The van der Waals surface area contributed by atoms with Crippen LogP contribution in [0.15, 0.2) is 34.3 Å². The predicted molar refractivity (Wildman–Crippen MR) is 59.7 cm³/mol. The molecule has 0 saturated carbocycles. The van der Waals surface area contributed by atoms with Crippen molar-refractivity contribution in [2.45, 2.75) is 4.90 Å². The molecule has 4 nitrogen and oxygen atoms in total. The number of hydrogen-bond acceptors (Lipinski definition) is 3. The maximum Gasteiger partial charge on any atom is 0.295 e. The van der Waals surface area contributed by atoms with E-state index in [1.165, 1.54) is 4.90 Å². The number of carbonyl (C=O) groups is 1. The standard InChI is InChI=1S/C10H11N3OS.ClH/c1-15-8-4-2-7(3-5-8)10-11-6-9(14)12-13-10;/h2-5H,6H2,1H3,(H,11,13)(H,12,14);1H. The molecule has 6 heteroatoms. The van der Waals surface area contributed by atoms with Crippen molar-refractivity contribution in [2.75, 3.05) is 12.8 Å². The van der Waals surface area contributed by atoms with Crippen molar-refractivity contribution in [1.82, 2.24) is 5.43 Å². The van der Waals surface area contributed by atoms with Crippen molar-refractivity contribution in [1.29, 1.82) is 0 Å². The monoisotopic (exact) mass is 257 g/mol. The lowest BCUT2D eigenvalue weighted by atomic mass is 10.2.